The van der Waals surface area contributed by atoms with E-state index in [1.54, 1.807) is 6.07 Å². The molecule has 1 aromatic carbocycles. The SMILES string of the molecule is O=C(NC1CCNCC1)C1CC1c1ccc(F)c(F)c1. The molecular weight excluding hydrogens is 262 g/mol. The minimum Gasteiger partial charge on any atom is -0.353 e. The summed E-state index contributed by atoms with van der Waals surface area (Å²) in [6, 6.07) is 4.15. The fourth-order valence-corrected chi connectivity index (χ4v) is 2.87. The fourth-order valence-electron chi connectivity index (χ4n) is 2.87. The van der Waals surface area contributed by atoms with Crippen molar-refractivity contribution in [1.29, 1.82) is 0 Å². The lowest BCUT2D eigenvalue weighted by molar-refractivity contribution is -0.123. The van der Waals surface area contributed by atoms with Gasteiger partial charge in [-0.2, -0.15) is 0 Å². The number of carbonyl (C=O) groups excluding carboxylic acids is 1. The minimum absolute atomic E-state index is 0.0341. The van der Waals surface area contributed by atoms with Crippen molar-refractivity contribution in [3.05, 3.63) is 35.4 Å². The summed E-state index contributed by atoms with van der Waals surface area (Å²) >= 11 is 0. The molecule has 2 fully saturated rings. The molecule has 2 aliphatic rings. The lowest BCUT2D eigenvalue weighted by atomic mass is 10.1. The van der Waals surface area contributed by atoms with E-state index < -0.39 is 11.6 Å². The monoisotopic (exact) mass is 280 g/mol. The third-order valence-corrected chi connectivity index (χ3v) is 4.18. The van der Waals surface area contributed by atoms with Crippen molar-refractivity contribution in [2.75, 3.05) is 13.1 Å². The van der Waals surface area contributed by atoms with Gasteiger partial charge >= 0.3 is 0 Å². The van der Waals surface area contributed by atoms with Gasteiger partial charge in [-0.3, -0.25) is 4.79 Å². The van der Waals surface area contributed by atoms with Crippen LogP contribution in [0, 0.1) is 17.6 Å². The lowest BCUT2D eigenvalue weighted by Crippen LogP contribution is -2.43. The standard InChI is InChI=1S/C15H18F2N2O/c16-13-2-1-9(7-14(13)17)11-8-12(11)15(20)19-10-3-5-18-6-4-10/h1-2,7,10-12,18H,3-6,8H2,(H,19,20). The maximum absolute atomic E-state index is 13.2. The second-order valence-electron chi connectivity index (χ2n) is 5.66. The third kappa shape index (κ3) is 2.82. The molecular formula is C15H18F2N2O. The first-order valence-corrected chi connectivity index (χ1v) is 7.11. The highest BCUT2D eigenvalue weighted by Gasteiger charge is 2.44. The fraction of sp³-hybridized carbons (Fsp3) is 0.533. The molecule has 1 aliphatic carbocycles. The first kappa shape index (κ1) is 13.5. The van der Waals surface area contributed by atoms with Gasteiger partial charge in [0.1, 0.15) is 0 Å². The van der Waals surface area contributed by atoms with Gasteiger partial charge < -0.3 is 10.6 Å². The zero-order chi connectivity index (χ0) is 14.1. The number of amides is 1. The lowest BCUT2D eigenvalue weighted by Gasteiger charge is -2.23. The molecule has 1 aromatic rings. The van der Waals surface area contributed by atoms with Crippen molar-refractivity contribution in [3.8, 4) is 0 Å². The molecule has 1 saturated heterocycles. The molecule has 0 radical (unpaired) electrons. The Bertz CT molecular complexity index is 515. The van der Waals surface area contributed by atoms with Crippen LogP contribution in [0.2, 0.25) is 0 Å². The van der Waals surface area contributed by atoms with Gasteiger partial charge in [-0.25, -0.2) is 8.78 Å². The van der Waals surface area contributed by atoms with E-state index in [9.17, 15) is 13.6 Å². The van der Waals surface area contributed by atoms with E-state index in [4.69, 9.17) is 0 Å². The Balaban J connectivity index is 1.57. The van der Waals surface area contributed by atoms with Gasteiger partial charge in [-0.05, 0) is 56.0 Å². The third-order valence-electron chi connectivity index (χ3n) is 4.18. The van der Waals surface area contributed by atoms with E-state index in [1.807, 2.05) is 0 Å². The van der Waals surface area contributed by atoms with E-state index in [-0.39, 0.29) is 23.8 Å². The van der Waals surface area contributed by atoms with Crippen molar-refractivity contribution in [2.45, 2.75) is 31.2 Å². The molecule has 1 aliphatic heterocycles. The average molecular weight is 280 g/mol. The van der Waals surface area contributed by atoms with E-state index in [1.165, 1.54) is 6.07 Å². The van der Waals surface area contributed by atoms with Crippen molar-refractivity contribution in [2.24, 2.45) is 5.92 Å². The average Bonchev–Trinajstić information content (AvgIpc) is 3.23. The first-order chi connectivity index (χ1) is 9.65. The molecule has 0 bridgehead atoms. The van der Waals surface area contributed by atoms with E-state index in [0.29, 0.717) is 0 Å². The molecule has 1 heterocycles. The van der Waals surface area contributed by atoms with E-state index >= 15 is 0 Å². The number of rotatable bonds is 3. The summed E-state index contributed by atoms with van der Waals surface area (Å²) in [6.07, 6.45) is 2.63. The zero-order valence-electron chi connectivity index (χ0n) is 11.2. The molecule has 1 amide bonds. The maximum atomic E-state index is 13.2. The van der Waals surface area contributed by atoms with Crippen molar-refractivity contribution < 1.29 is 13.6 Å². The molecule has 1 saturated carbocycles. The number of nitrogens with one attached hydrogen (secondary N) is 2. The summed E-state index contributed by atoms with van der Waals surface area (Å²) in [7, 11) is 0. The van der Waals surface area contributed by atoms with Crippen LogP contribution in [-0.4, -0.2) is 25.0 Å². The van der Waals surface area contributed by atoms with Crippen molar-refractivity contribution >= 4 is 5.91 Å². The Labute approximate surface area is 116 Å². The molecule has 20 heavy (non-hydrogen) atoms. The Morgan fingerprint density at radius 2 is 1.95 bits per heavy atom. The predicted octanol–water partition coefficient (Wildman–Crippen LogP) is 1.94. The molecule has 5 heteroatoms. The van der Waals surface area contributed by atoms with Crippen LogP contribution < -0.4 is 10.6 Å². The summed E-state index contributed by atoms with van der Waals surface area (Å²) in [5, 5.41) is 6.31. The Hall–Kier alpha value is -1.49. The van der Waals surface area contributed by atoms with E-state index in [0.717, 1.165) is 44.0 Å². The largest absolute Gasteiger partial charge is 0.353 e. The number of hydrogen-bond donors (Lipinski definition) is 2. The topological polar surface area (TPSA) is 41.1 Å². The molecule has 108 valence electrons. The second kappa shape index (κ2) is 5.48. The summed E-state index contributed by atoms with van der Waals surface area (Å²) in [5.41, 5.74) is 0.717. The Kier molecular flexibility index (Phi) is 3.70. The zero-order valence-corrected chi connectivity index (χ0v) is 11.2. The molecule has 3 nitrogen and oxygen atoms in total. The smallest absolute Gasteiger partial charge is 0.223 e. The van der Waals surface area contributed by atoms with Gasteiger partial charge in [0.05, 0.1) is 0 Å². The van der Waals surface area contributed by atoms with Gasteiger partial charge in [0.15, 0.2) is 11.6 Å². The highest BCUT2D eigenvalue weighted by atomic mass is 19.2. The van der Waals surface area contributed by atoms with Crippen LogP contribution in [0.15, 0.2) is 18.2 Å². The van der Waals surface area contributed by atoms with Gasteiger partial charge in [0.2, 0.25) is 5.91 Å². The number of halogens is 2. The first-order valence-electron chi connectivity index (χ1n) is 7.11. The molecule has 3 rings (SSSR count). The van der Waals surface area contributed by atoms with Gasteiger partial charge in [0.25, 0.3) is 0 Å². The van der Waals surface area contributed by atoms with Crippen LogP contribution >= 0.6 is 0 Å². The van der Waals surface area contributed by atoms with Crippen LogP contribution in [0.25, 0.3) is 0 Å². The van der Waals surface area contributed by atoms with E-state index in [2.05, 4.69) is 10.6 Å². The van der Waals surface area contributed by atoms with Crippen molar-refractivity contribution in [1.82, 2.24) is 10.6 Å². The molecule has 2 atom stereocenters. The number of benzene rings is 1. The maximum Gasteiger partial charge on any atom is 0.223 e. The van der Waals surface area contributed by atoms with Crippen LogP contribution in [0.5, 0.6) is 0 Å². The molecule has 2 N–H and O–H groups in total. The van der Waals surface area contributed by atoms with Gasteiger partial charge in [-0.15, -0.1) is 0 Å². The summed E-state index contributed by atoms with van der Waals surface area (Å²) in [4.78, 5) is 12.1. The summed E-state index contributed by atoms with van der Waals surface area (Å²) in [5.74, 6) is -1.69. The van der Waals surface area contributed by atoms with Crippen LogP contribution in [-0.2, 0) is 4.79 Å². The number of carbonyl (C=O) groups is 1. The van der Waals surface area contributed by atoms with Crippen LogP contribution in [0.3, 0.4) is 0 Å². The Morgan fingerprint density at radius 1 is 1.20 bits per heavy atom. The number of hydrogen-bond acceptors (Lipinski definition) is 2. The summed E-state index contributed by atoms with van der Waals surface area (Å²) < 4.78 is 26.1. The normalized spacial score (nSPS) is 26.3. The quantitative estimate of drug-likeness (QED) is 0.888. The highest BCUT2D eigenvalue weighted by Crippen LogP contribution is 2.47. The van der Waals surface area contributed by atoms with Gasteiger partial charge in [0, 0.05) is 12.0 Å². The minimum atomic E-state index is -0.842. The van der Waals surface area contributed by atoms with Crippen molar-refractivity contribution in [3.63, 3.8) is 0 Å². The summed E-state index contributed by atoms with van der Waals surface area (Å²) in [6.45, 7) is 1.87. The van der Waals surface area contributed by atoms with Crippen LogP contribution in [0.4, 0.5) is 8.78 Å². The second-order valence-corrected chi connectivity index (χ2v) is 5.66. The predicted molar refractivity (Wildman–Crippen MR) is 71.2 cm³/mol. The molecule has 0 aromatic heterocycles. The van der Waals surface area contributed by atoms with Crippen LogP contribution in [0.1, 0.15) is 30.7 Å². The molecule has 2 unspecified atom stereocenters. The van der Waals surface area contributed by atoms with Gasteiger partial charge in [-0.1, -0.05) is 6.07 Å². The highest BCUT2D eigenvalue weighted by molar-refractivity contribution is 5.83. The number of piperidine rings is 1. The molecule has 0 spiro atoms. The Morgan fingerprint density at radius 3 is 2.65 bits per heavy atom.